The molecule has 5 N–H and O–H groups in total. The molecule has 64 heavy (non-hydrogen) atoms. The highest BCUT2D eigenvalue weighted by Gasteiger charge is 2.43. The Hall–Kier alpha value is -4.56. The number of aliphatic hydroxyl groups is 1. The van der Waals surface area contributed by atoms with Gasteiger partial charge in [-0.05, 0) is 42.0 Å². The van der Waals surface area contributed by atoms with Gasteiger partial charge in [-0.3, -0.25) is 24.8 Å². The fourth-order valence-corrected chi connectivity index (χ4v) is 7.22. The lowest BCUT2D eigenvalue weighted by Crippen LogP contribution is -2.66. The van der Waals surface area contributed by atoms with Gasteiger partial charge >= 0.3 is 12.1 Å². The van der Waals surface area contributed by atoms with E-state index in [1.54, 1.807) is 45.0 Å². The molecular formula is C46H75N9O9. The molecule has 0 bridgehead atoms. The van der Waals surface area contributed by atoms with E-state index in [4.69, 9.17) is 18.9 Å². The molecule has 2 aromatic carbocycles. The zero-order valence-electron chi connectivity index (χ0n) is 39.2. The molecule has 2 fully saturated rings. The summed E-state index contributed by atoms with van der Waals surface area (Å²) >= 11 is 0. The zero-order valence-corrected chi connectivity index (χ0v) is 39.2. The summed E-state index contributed by atoms with van der Waals surface area (Å²) in [5, 5.41) is 22.3. The van der Waals surface area contributed by atoms with Crippen molar-refractivity contribution in [3.8, 4) is 5.75 Å². The Balaban J connectivity index is 1.55. The molecule has 2 aromatic rings. The number of hydrazine groups is 1. The molecule has 2 heterocycles. The monoisotopic (exact) mass is 898 g/mol. The third kappa shape index (κ3) is 17.4. The van der Waals surface area contributed by atoms with E-state index >= 15 is 0 Å². The maximum absolute atomic E-state index is 14.3. The number of urea groups is 2. The highest BCUT2D eigenvalue weighted by molar-refractivity contribution is 5.90. The van der Waals surface area contributed by atoms with Crippen molar-refractivity contribution in [2.45, 2.75) is 64.9 Å². The van der Waals surface area contributed by atoms with Crippen LogP contribution in [0.3, 0.4) is 0 Å². The van der Waals surface area contributed by atoms with Crippen LogP contribution in [-0.4, -0.2) is 191 Å². The fourth-order valence-electron chi connectivity index (χ4n) is 7.22. The summed E-state index contributed by atoms with van der Waals surface area (Å²) in [6.45, 7) is 16.1. The van der Waals surface area contributed by atoms with Crippen LogP contribution >= 0.6 is 0 Å². The Morgan fingerprint density at radius 2 is 1.36 bits per heavy atom. The molecule has 6 amide bonds. The number of likely N-dealkylation sites (N-methyl/N-ethyl adjacent to an activating group) is 2. The van der Waals surface area contributed by atoms with Crippen LogP contribution in [0.2, 0.25) is 0 Å². The minimum Gasteiger partial charge on any atom is -0.491 e. The second kappa shape index (κ2) is 27.0. The van der Waals surface area contributed by atoms with Crippen LogP contribution in [0, 0.1) is 11.8 Å². The molecule has 3 atom stereocenters. The van der Waals surface area contributed by atoms with E-state index in [0.717, 1.165) is 37.3 Å². The molecule has 2 aliphatic rings. The summed E-state index contributed by atoms with van der Waals surface area (Å²) in [5.41, 5.74) is 2.69. The van der Waals surface area contributed by atoms with E-state index in [0.29, 0.717) is 84.4 Å². The number of nitrogens with zero attached hydrogens (tertiary/aromatic N) is 5. The Kier molecular flexibility index (Phi) is 22.0. The zero-order chi connectivity index (χ0) is 46.5. The Morgan fingerprint density at radius 3 is 1.91 bits per heavy atom. The van der Waals surface area contributed by atoms with Crippen LogP contribution in [0.15, 0.2) is 54.6 Å². The largest absolute Gasteiger partial charge is 0.491 e. The lowest BCUT2D eigenvalue weighted by molar-refractivity contribution is -0.148. The number of methoxy groups -OCH3 is 1. The van der Waals surface area contributed by atoms with Gasteiger partial charge in [0.15, 0.2) is 0 Å². The maximum atomic E-state index is 14.3. The number of aryl methyl sites for hydroxylation is 1. The predicted octanol–water partition coefficient (Wildman–Crippen LogP) is 1.98. The fraction of sp³-hybridized carbons (Fsp3) is 0.652. The van der Waals surface area contributed by atoms with E-state index in [1.165, 1.54) is 4.90 Å². The van der Waals surface area contributed by atoms with Gasteiger partial charge in [-0.15, -0.1) is 0 Å². The standard InChI is InChI=1S/C46H75N9O9/c1-35(2)41(48-44(58)51(5)19-21-53-23-27-62-28-24-53)42(56)50-55(33-38-14-17-40(18-15-38)64-32-31-61-7)34-39(16-13-37-11-9-8-10-12-37)47-43(57)46(60,36(3)4)49-45(59)52(6)20-22-54-25-29-63-30-26-54/h8-12,14-15,17-18,35-36,39,41,60H,13,16,19-34H2,1-7H3,(H,47,57)(H,48,58)(H,49,59)(H,50,56)/t39-,41-,46+/m0/s1. The summed E-state index contributed by atoms with van der Waals surface area (Å²) in [6.07, 6.45) is 0.994. The Bertz CT molecular complexity index is 1700. The van der Waals surface area contributed by atoms with Crippen LogP contribution in [-0.2, 0) is 36.8 Å². The van der Waals surface area contributed by atoms with E-state index < -0.39 is 41.6 Å². The van der Waals surface area contributed by atoms with Gasteiger partial charge < -0.3 is 49.8 Å². The van der Waals surface area contributed by atoms with Crippen LogP contribution in [0.4, 0.5) is 9.59 Å². The van der Waals surface area contributed by atoms with Crippen LogP contribution < -0.4 is 26.1 Å². The molecule has 0 radical (unpaired) electrons. The first kappa shape index (κ1) is 52.1. The van der Waals surface area contributed by atoms with Crippen molar-refractivity contribution in [3.63, 3.8) is 0 Å². The number of carbonyl (C=O) groups is 4. The molecule has 2 aliphatic heterocycles. The first-order valence-corrected chi connectivity index (χ1v) is 22.7. The molecule has 0 unspecified atom stereocenters. The van der Waals surface area contributed by atoms with Crippen LogP contribution in [0.1, 0.15) is 45.2 Å². The van der Waals surface area contributed by atoms with Crippen molar-refractivity contribution in [1.29, 1.82) is 0 Å². The Labute approximate surface area is 380 Å². The molecule has 0 aliphatic carbocycles. The lowest BCUT2D eigenvalue weighted by Gasteiger charge is -2.36. The van der Waals surface area contributed by atoms with Crippen LogP contribution in [0.5, 0.6) is 5.75 Å². The topological polar surface area (TPSA) is 190 Å². The molecule has 0 aromatic heterocycles. The molecule has 0 spiro atoms. The van der Waals surface area contributed by atoms with Gasteiger partial charge in [0.25, 0.3) is 11.8 Å². The number of ether oxygens (including phenoxy) is 4. The summed E-state index contributed by atoms with van der Waals surface area (Å²) in [7, 11) is 4.95. The van der Waals surface area contributed by atoms with Crippen LogP contribution in [0.25, 0.3) is 0 Å². The quantitative estimate of drug-likeness (QED) is 0.0555. The second-order valence-corrected chi connectivity index (χ2v) is 17.3. The number of benzene rings is 2. The number of rotatable bonds is 25. The highest BCUT2D eigenvalue weighted by Crippen LogP contribution is 2.18. The summed E-state index contributed by atoms with van der Waals surface area (Å²) in [4.78, 5) is 63.1. The van der Waals surface area contributed by atoms with Gasteiger partial charge in [-0.25, -0.2) is 14.6 Å². The molecular weight excluding hydrogens is 823 g/mol. The predicted molar refractivity (Wildman–Crippen MR) is 244 cm³/mol. The Morgan fingerprint density at radius 1 is 0.781 bits per heavy atom. The lowest BCUT2D eigenvalue weighted by atomic mass is 9.97. The minimum absolute atomic E-state index is 0.107. The molecule has 358 valence electrons. The smallest absolute Gasteiger partial charge is 0.319 e. The number of carbonyl (C=O) groups excluding carboxylic acids is 4. The molecule has 2 saturated heterocycles. The maximum Gasteiger partial charge on any atom is 0.319 e. The van der Waals surface area contributed by atoms with Crippen molar-refractivity contribution in [1.82, 2.24) is 46.0 Å². The third-order valence-corrected chi connectivity index (χ3v) is 11.6. The van der Waals surface area contributed by atoms with Gasteiger partial charge in [0.05, 0.1) is 33.0 Å². The first-order chi connectivity index (χ1) is 30.7. The summed E-state index contributed by atoms with van der Waals surface area (Å²) in [5.74, 6) is -1.52. The molecule has 18 nitrogen and oxygen atoms in total. The SMILES string of the molecule is COCCOc1ccc(CN(C[C@H](CCc2ccccc2)NC(=O)[C@@](O)(NC(=O)N(C)CCN2CCOCC2)C(C)C)NC(=O)[C@@H](NC(=O)N(C)CCN2CCOCC2)C(C)C)cc1. The molecule has 0 saturated carbocycles. The number of amides is 6. The van der Waals surface area contributed by atoms with Crippen molar-refractivity contribution in [3.05, 3.63) is 65.7 Å². The van der Waals surface area contributed by atoms with Gasteiger partial charge in [0.1, 0.15) is 18.4 Å². The highest BCUT2D eigenvalue weighted by atomic mass is 16.5. The van der Waals surface area contributed by atoms with Gasteiger partial charge in [-0.1, -0.05) is 70.2 Å². The van der Waals surface area contributed by atoms with Gasteiger partial charge in [0.2, 0.25) is 5.72 Å². The van der Waals surface area contributed by atoms with Crippen molar-refractivity contribution in [2.24, 2.45) is 11.8 Å². The van der Waals surface area contributed by atoms with Gasteiger partial charge in [0, 0.05) is 98.6 Å². The number of hydrogen-bond donors (Lipinski definition) is 5. The van der Waals surface area contributed by atoms with E-state index in [-0.39, 0.29) is 25.0 Å². The third-order valence-electron chi connectivity index (χ3n) is 11.6. The van der Waals surface area contributed by atoms with E-state index in [1.807, 2.05) is 68.4 Å². The van der Waals surface area contributed by atoms with Gasteiger partial charge in [-0.2, -0.15) is 0 Å². The number of morpholine rings is 2. The van der Waals surface area contributed by atoms with Crippen molar-refractivity contribution in [2.75, 3.05) is 120 Å². The van der Waals surface area contributed by atoms with Crippen molar-refractivity contribution >= 4 is 23.9 Å². The van der Waals surface area contributed by atoms with E-state index in [9.17, 15) is 24.3 Å². The second-order valence-electron chi connectivity index (χ2n) is 17.3. The summed E-state index contributed by atoms with van der Waals surface area (Å²) < 4.78 is 21.8. The normalized spacial score (nSPS) is 16.7. The minimum atomic E-state index is -2.26. The molecule has 4 rings (SSSR count). The number of hydrogen-bond acceptors (Lipinski definition) is 12. The van der Waals surface area contributed by atoms with Crippen molar-refractivity contribution < 1.29 is 43.2 Å². The van der Waals surface area contributed by atoms with E-state index in [2.05, 4.69) is 31.2 Å². The molecule has 18 heteroatoms. The summed E-state index contributed by atoms with van der Waals surface area (Å²) in [6, 6.07) is 14.8. The average molecular weight is 898 g/mol. The average Bonchev–Trinajstić information content (AvgIpc) is 3.29. The number of nitrogens with one attached hydrogen (secondary N) is 4. The first-order valence-electron chi connectivity index (χ1n) is 22.7.